The maximum Gasteiger partial charge on any atom is 0.159 e. The van der Waals surface area contributed by atoms with Crippen molar-refractivity contribution in [1.29, 1.82) is 0 Å². The van der Waals surface area contributed by atoms with Crippen LogP contribution < -0.4 is 4.90 Å². The number of pyridine rings is 1. The molecule has 3 heterocycles. The molecular weight excluding hydrogens is 601 g/mol. The van der Waals surface area contributed by atoms with Crippen LogP contribution in [0.5, 0.6) is 0 Å². The third kappa shape index (κ3) is 4.49. The van der Waals surface area contributed by atoms with E-state index in [1.54, 1.807) is 12.4 Å². The molecule has 0 unspecified atom stereocenters. The number of hydrogen-bond donors (Lipinski definition) is 0. The topological polar surface area (TPSA) is 42.4 Å². The van der Waals surface area contributed by atoms with Gasteiger partial charge in [0.25, 0.3) is 0 Å². The maximum atomic E-state index is 6.55. The molecule has 0 aliphatic rings. The summed E-state index contributed by atoms with van der Waals surface area (Å²) in [6, 6.07) is 55.7. The summed E-state index contributed by atoms with van der Waals surface area (Å²) in [6.07, 6.45) is 3.58. The van der Waals surface area contributed by atoms with E-state index in [2.05, 4.69) is 149 Å². The number of furan rings is 2. The number of aromatic nitrogens is 1. The molecule has 10 rings (SSSR count). The van der Waals surface area contributed by atoms with Gasteiger partial charge in [0, 0.05) is 39.1 Å². The summed E-state index contributed by atoms with van der Waals surface area (Å²) in [5.41, 5.74) is 11.0. The van der Waals surface area contributed by atoms with Gasteiger partial charge in [-0.1, -0.05) is 103 Å². The van der Waals surface area contributed by atoms with Gasteiger partial charge in [-0.15, -0.1) is 0 Å². The Kier molecular flexibility index (Phi) is 6.15. The molecule has 0 aliphatic heterocycles. The van der Waals surface area contributed by atoms with Crippen LogP contribution in [0.3, 0.4) is 0 Å². The first-order valence-corrected chi connectivity index (χ1v) is 16.4. The fourth-order valence-electron chi connectivity index (χ4n) is 7.22. The van der Waals surface area contributed by atoms with Crippen molar-refractivity contribution in [3.05, 3.63) is 170 Å². The number of fused-ring (bicyclic) bond motifs is 7. The van der Waals surface area contributed by atoms with Gasteiger partial charge in [0.2, 0.25) is 0 Å². The third-order valence-corrected chi connectivity index (χ3v) is 9.59. The second kappa shape index (κ2) is 11.0. The largest absolute Gasteiger partial charge is 0.454 e. The zero-order valence-corrected chi connectivity index (χ0v) is 26.4. The molecule has 0 radical (unpaired) electrons. The van der Waals surface area contributed by atoms with Gasteiger partial charge in [0.05, 0.1) is 11.9 Å². The second-order valence-corrected chi connectivity index (χ2v) is 12.4. The summed E-state index contributed by atoms with van der Waals surface area (Å²) < 4.78 is 12.7. The summed E-state index contributed by atoms with van der Waals surface area (Å²) in [7, 11) is 0. The van der Waals surface area contributed by atoms with E-state index >= 15 is 0 Å². The van der Waals surface area contributed by atoms with Crippen LogP contribution in [0.15, 0.2) is 179 Å². The molecule has 230 valence electrons. The normalized spacial score (nSPS) is 11.7. The molecular formula is C45H28N2O2. The van der Waals surface area contributed by atoms with Crippen LogP contribution in [-0.2, 0) is 0 Å². The minimum atomic E-state index is 0.798. The fourth-order valence-corrected chi connectivity index (χ4v) is 7.22. The Morgan fingerprint density at radius 2 is 1.08 bits per heavy atom. The quantitative estimate of drug-likeness (QED) is 0.190. The lowest BCUT2D eigenvalue weighted by Crippen LogP contribution is -2.10. The number of para-hydroxylation sites is 2. The van der Waals surface area contributed by atoms with Gasteiger partial charge in [0.1, 0.15) is 11.2 Å². The molecule has 0 spiro atoms. The molecule has 49 heavy (non-hydrogen) atoms. The second-order valence-electron chi connectivity index (χ2n) is 12.4. The van der Waals surface area contributed by atoms with E-state index in [1.807, 2.05) is 18.2 Å². The lowest BCUT2D eigenvalue weighted by atomic mass is 9.98. The highest BCUT2D eigenvalue weighted by atomic mass is 16.3. The van der Waals surface area contributed by atoms with E-state index in [1.165, 1.54) is 21.9 Å². The number of anilines is 3. The zero-order valence-electron chi connectivity index (χ0n) is 26.4. The monoisotopic (exact) mass is 628 g/mol. The van der Waals surface area contributed by atoms with Gasteiger partial charge in [0.15, 0.2) is 11.2 Å². The predicted molar refractivity (Wildman–Crippen MR) is 202 cm³/mol. The first-order chi connectivity index (χ1) is 24.3. The molecule has 7 aromatic carbocycles. The van der Waals surface area contributed by atoms with Crippen molar-refractivity contribution in [1.82, 2.24) is 4.98 Å². The van der Waals surface area contributed by atoms with E-state index in [0.717, 1.165) is 72.1 Å². The van der Waals surface area contributed by atoms with Crippen LogP contribution in [0.4, 0.5) is 17.1 Å². The minimum Gasteiger partial charge on any atom is -0.454 e. The highest BCUT2D eigenvalue weighted by molar-refractivity contribution is 6.10. The van der Waals surface area contributed by atoms with Gasteiger partial charge in [-0.05, 0) is 87.6 Å². The number of hydrogen-bond acceptors (Lipinski definition) is 4. The van der Waals surface area contributed by atoms with Crippen molar-refractivity contribution >= 4 is 71.7 Å². The molecule has 0 bridgehead atoms. The summed E-state index contributed by atoms with van der Waals surface area (Å²) in [5.74, 6) is 0. The lowest BCUT2D eigenvalue weighted by Gasteiger charge is -2.26. The van der Waals surface area contributed by atoms with Crippen molar-refractivity contribution in [3.8, 4) is 22.3 Å². The van der Waals surface area contributed by atoms with Crippen molar-refractivity contribution < 1.29 is 8.83 Å². The molecule has 0 saturated heterocycles. The third-order valence-electron chi connectivity index (χ3n) is 9.59. The molecule has 0 N–H and O–H groups in total. The molecule has 4 nitrogen and oxygen atoms in total. The molecule has 10 aromatic rings. The van der Waals surface area contributed by atoms with E-state index in [0.29, 0.717) is 0 Å². The van der Waals surface area contributed by atoms with Gasteiger partial charge >= 0.3 is 0 Å². The molecule has 4 heteroatoms. The fraction of sp³-hybridized carbons (Fsp3) is 0. The van der Waals surface area contributed by atoms with Crippen molar-refractivity contribution in [3.63, 3.8) is 0 Å². The molecule has 0 fully saturated rings. The first kappa shape index (κ1) is 27.5. The Morgan fingerprint density at radius 3 is 1.94 bits per heavy atom. The van der Waals surface area contributed by atoms with E-state index in [4.69, 9.17) is 8.83 Å². The Morgan fingerprint density at radius 1 is 0.429 bits per heavy atom. The number of nitrogens with zero attached hydrogens (tertiary/aromatic N) is 2. The molecule has 0 aliphatic carbocycles. The van der Waals surface area contributed by atoms with Gasteiger partial charge in [-0.2, -0.15) is 0 Å². The average Bonchev–Trinajstić information content (AvgIpc) is 3.74. The summed E-state index contributed by atoms with van der Waals surface area (Å²) in [4.78, 5) is 6.51. The van der Waals surface area contributed by atoms with E-state index in [-0.39, 0.29) is 0 Å². The average molecular weight is 629 g/mol. The SMILES string of the molecule is c1ccc2c(-c3ccc(N(c4ccc(-c5ccc6c(c5)oc5cnccc56)cc4)c4cccc5c4oc4ccccc45)cc3)cccc2c1. The van der Waals surface area contributed by atoms with Crippen molar-refractivity contribution in [2.45, 2.75) is 0 Å². The summed E-state index contributed by atoms with van der Waals surface area (Å²) in [5, 5.41) is 6.85. The van der Waals surface area contributed by atoms with Crippen LogP contribution in [-0.4, -0.2) is 4.98 Å². The van der Waals surface area contributed by atoms with Crippen molar-refractivity contribution in [2.75, 3.05) is 4.90 Å². The summed E-state index contributed by atoms with van der Waals surface area (Å²) >= 11 is 0. The Hall–Kier alpha value is -6.65. The minimum absolute atomic E-state index is 0.798. The van der Waals surface area contributed by atoms with Crippen LogP contribution in [0.2, 0.25) is 0 Å². The molecule has 3 aromatic heterocycles. The smallest absolute Gasteiger partial charge is 0.159 e. The molecule has 0 amide bonds. The Bertz CT molecular complexity index is 2820. The van der Waals surface area contributed by atoms with E-state index < -0.39 is 0 Å². The first-order valence-electron chi connectivity index (χ1n) is 16.4. The number of benzene rings is 7. The maximum absolute atomic E-state index is 6.55. The molecule has 0 atom stereocenters. The van der Waals surface area contributed by atoms with Gasteiger partial charge in [-0.3, -0.25) is 4.98 Å². The zero-order chi connectivity index (χ0) is 32.3. The van der Waals surface area contributed by atoms with Crippen LogP contribution in [0.1, 0.15) is 0 Å². The van der Waals surface area contributed by atoms with Gasteiger partial charge < -0.3 is 13.7 Å². The number of rotatable bonds is 5. The lowest BCUT2D eigenvalue weighted by molar-refractivity contribution is 0.667. The summed E-state index contributed by atoms with van der Waals surface area (Å²) in [6.45, 7) is 0. The standard InChI is InChI=1S/C45H28N2O2/c1-2-9-35-30(7-1)8-5-11-36(35)31-17-22-34(23-18-31)47(41-13-6-12-40-37-10-3-4-14-42(37)49-45(40)41)33-20-15-29(16-21-33)32-19-24-38-39-25-26-46-28-44(39)48-43(38)27-32/h1-28H. The van der Waals surface area contributed by atoms with Crippen molar-refractivity contribution in [2.24, 2.45) is 0 Å². The van der Waals surface area contributed by atoms with Gasteiger partial charge in [-0.25, -0.2) is 0 Å². The van der Waals surface area contributed by atoms with Crippen LogP contribution in [0, 0.1) is 0 Å². The highest BCUT2D eigenvalue weighted by Gasteiger charge is 2.20. The highest BCUT2D eigenvalue weighted by Crippen LogP contribution is 2.43. The Balaban J connectivity index is 1.10. The van der Waals surface area contributed by atoms with Crippen LogP contribution >= 0.6 is 0 Å². The predicted octanol–water partition coefficient (Wildman–Crippen LogP) is 12.8. The van der Waals surface area contributed by atoms with E-state index in [9.17, 15) is 0 Å². The van der Waals surface area contributed by atoms with Crippen LogP contribution in [0.25, 0.3) is 76.9 Å². The Labute approximate surface area is 282 Å². The molecule has 0 saturated carbocycles.